The molecule has 0 unspecified atom stereocenters. The minimum Gasteiger partial charge on any atom is -0.465 e. The van der Waals surface area contributed by atoms with Gasteiger partial charge in [0.1, 0.15) is 0 Å². The van der Waals surface area contributed by atoms with Gasteiger partial charge in [0.25, 0.3) is 0 Å². The number of hydrogen-bond donors (Lipinski definition) is 0. The molecule has 3 nitrogen and oxygen atoms in total. The molecule has 110 valence electrons. The van der Waals surface area contributed by atoms with Gasteiger partial charge in [-0.15, -0.1) is 0 Å². The van der Waals surface area contributed by atoms with Crippen LogP contribution in [0.5, 0.6) is 0 Å². The standard InChI is InChI=1S/C18H14FNO2/c1-22-18(21)13-9-8-12-5-4-7-14(16(12)11-13)15-6-2-3-10-20-17(15)19/h3-11H,2H2,1H3. The van der Waals surface area contributed by atoms with Crippen LogP contribution in [0.2, 0.25) is 0 Å². The van der Waals surface area contributed by atoms with E-state index in [2.05, 4.69) is 4.99 Å². The van der Waals surface area contributed by atoms with E-state index in [1.54, 1.807) is 24.3 Å². The van der Waals surface area contributed by atoms with Crippen molar-refractivity contribution in [2.24, 2.45) is 4.99 Å². The Morgan fingerprint density at radius 3 is 2.95 bits per heavy atom. The summed E-state index contributed by atoms with van der Waals surface area (Å²) in [4.78, 5) is 15.5. The zero-order valence-electron chi connectivity index (χ0n) is 12.0. The highest BCUT2D eigenvalue weighted by molar-refractivity contribution is 6.22. The lowest BCUT2D eigenvalue weighted by molar-refractivity contribution is 0.0601. The van der Waals surface area contributed by atoms with Crippen molar-refractivity contribution in [3.05, 3.63) is 65.9 Å². The van der Waals surface area contributed by atoms with Gasteiger partial charge in [-0.2, -0.15) is 4.39 Å². The van der Waals surface area contributed by atoms with Crippen LogP contribution in [0, 0.1) is 0 Å². The second kappa shape index (κ2) is 5.93. The monoisotopic (exact) mass is 295 g/mol. The van der Waals surface area contributed by atoms with Crippen molar-refractivity contribution < 1.29 is 13.9 Å². The van der Waals surface area contributed by atoms with Gasteiger partial charge in [-0.1, -0.05) is 36.4 Å². The fraction of sp³-hybridized carbons (Fsp3) is 0.111. The second-order valence-electron chi connectivity index (χ2n) is 4.89. The summed E-state index contributed by atoms with van der Waals surface area (Å²) in [5, 5.41) is 1.72. The van der Waals surface area contributed by atoms with E-state index >= 15 is 0 Å². The van der Waals surface area contributed by atoms with Gasteiger partial charge in [0.15, 0.2) is 0 Å². The molecule has 22 heavy (non-hydrogen) atoms. The van der Waals surface area contributed by atoms with Crippen LogP contribution in [0.4, 0.5) is 4.39 Å². The lowest BCUT2D eigenvalue weighted by Gasteiger charge is -2.10. The van der Waals surface area contributed by atoms with E-state index in [9.17, 15) is 9.18 Å². The normalized spacial score (nSPS) is 14.3. The molecule has 0 aliphatic carbocycles. The van der Waals surface area contributed by atoms with E-state index in [1.807, 2.05) is 24.3 Å². The van der Waals surface area contributed by atoms with Crippen LogP contribution < -0.4 is 0 Å². The van der Waals surface area contributed by atoms with Crippen LogP contribution in [0.15, 0.2) is 59.7 Å². The number of ether oxygens (including phenoxy) is 1. The minimum absolute atomic E-state index is 0.414. The number of methoxy groups -OCH3 is 1. The molecule has 0 amide bonds. The fourth-order valence-electron chi connectivity index (χ4n) is 2.49. The summed E-state index contributed by atoms with van der Waals surface area (Å²) < 4.78 is 18.9. The van der Waals surface area contributed by atoms with Gasteiger partial charge in [-0.25, -0.2) is 9.79 Å². The molecule has 4 heteroatoms. The average molecular weight is 295 g/mol. The van der Waals surface area contributed by atoms with Crippen LogP contribution in [0.1, 0.15) is 22.3 Å². The quantitative estimate of drug-likeness (QED) is 0.775. The summed E-state index contributed by atoms with van der Waals surface area (Å²) >= 11 is 0. The molecule has 3 rings (SSSR count). The van der Waals surface area contributed by atoms with Crippen molar-refractivity contribution in [3.63, 3.8) is 0 Å². The highest BCUT2D eigenvalue weighted by atomic mass is 19.1. The number of nitrogens with zero attached hydrogens (tertiary/aromatic N) is 1. The predicted octanol–water partition coefficient (Wildman–Crippen LogP) is 4.30. The largest absolute Gasteiger partial charge is 0.465 e. The van der Waals surface area contributed by atoms with Gasteiger partial charge >= 0.3 is 5.97 Å². The molecule has 1 aliphatic heterocycles. The highest BCUT2D eigenvalue weighted by Crippen LogP contribution is 2.29. The molecule has 0 N–H and O–H groups in total. The Labute approximate surface area is 127 Å². The van der Waals surface area contributed by atoms with E-state index in [0.29, 0.717) is 23.1 Å². The van der Waals surface area contributed by atoms with Crippen LogP contribution in [-0.2, 0) is 4.74 Å². The summed E-state index contributed by atoms with van der Waals surface area (Å²) in [5.74, 6) is -0.938. The Morgan fingerprint density at radius 1 is 1.27 bits per heavy atom. The van der Waals surface area contributed by atoms with E-state index in [-0.39, 0.29) is 0 Å². The Balaban J connectivity index is 2.21. The van der Waals surface area contributed by atoms with E-state index in [4.69, 9.17) is 4.74 Å². The van der Waals surface area contributed by atoms with Crippen molar-refractivity contribution in [3.8, 4) is 0 Å². The van der Waals surface area contributed by atoms with E-state index in [0.717, 1.165) is 10.8 Å². The van der Waals surface area contributed by atoms with Gasteiger partial charge in [0, 0.05) is 11.8 Å². The van der Waals surface area contributed by atoms with Crippen molar-refractivity contribution in [1.82, 2.24) is 0 Å². The maximum Gasteiger partial charge on any atom is 0.337 e. The van der Waals surface area contributed by atoms with Gasteiger partial charge < -0.3 is 4.74 Å². The average Bonchev–Trinajstić information content (AvgIpc) is 2.77. The van der Waals surface area contributed by atoms with Gasteiger partial charge in [0.2, 0.25) is 5.97 Å². The van der Waals surface area contributed by atoms with Crippen LogP contribution in [0.25, 0.3) is 16.3 Å². The van der Waals surface area contributed by atoms with Gasteiger partial charge in [-0.3, -0.25) is 0 Å². The summed E-state index contributed by atoms with van der Waals surface area (Å²) in [6.07, 6.45) is 5.66. The molecule has 2 aromatic rings. The highest BCUT2D eigenvalue weighted by Gasteiger charge is 2.15. The molecule has 0 bridgehead atoms. The Kier molecular flexibility index (Phi) is 3.83. The molecule has 0 fully saturated rings. The summed E-state index contributed by atoms with van der Waals surface area (Å²) in [5.41, 5.74) is 1.60. The molecule has 1 heterocycles. The number of rotatable bonds is 2. The molecule has 0 aromatic heterocycles. The third-order valence-electron chi connectivity index (χ3n) is 3.57. The number of benzene rings is 2. The maximum absolute atomic E-state index is 14.2. The Bertz CT molecular complexity index is 834. The first-order valence-electron chi connectivity index (χ1n) is 6.91. The third-order valence-corrected chi connectivity index (χ3v) is 3.57. The van der Waals surface area contributed by atoms with Crippen molar-refractivity contribution in [2.45, 2.75) is 6.42 Å². The van der Waals surface area contributed by atoms with Crippen molar-refractivity contribution in [2.75, 3.05) is 7.11 Å². The van der Waals surface area contributed by atoms with Crippen LogP contribution in [-0.4, -0.2) is 19.0 Å². The van der Waals surface area contributed by atoms with Gasteiger partial charge in [-0.05, 0) is 34.9 Å². The lowest BCUT2D eigenvalue weighted by atomic mass is 9.96. The molecule has 1 aliphatic rings. The van der Waals surface area contributed by atoms with E-state index in [1.165, 1.54) is 13.3 Å². The molecular weight excluding hydrogens is 281 g/mol. The summed E-state index contributed by atoms with van der Waals surface area (Å²) in [6, 6.07) is 10.9. The summed E-state index contributed by atoms with van der Waals surface area (Å²) in [6.45, 7) is 0. The Morgan fingerprint density at radius 2 is 2.14 bits per heavy atom. The number of fused-ring (bicyclic) bond motifs is 1. The molecular formula is C18H14FNO2. The zero-order chi connectivity index (χ0) is 15.5. The van der Waals surface area contributed by atoms with Crippen LogP contribution >= 0.6 is 0 Å². The van der Waals surface area contributed by atoms with E-state index < -0.39 is 11.9 Å². The number of hydrogen-bond acceptors (Lipinski definition) is 3. The van der Waals surface area contributed by atoms with Crippen molar-refractivity contribution >= 4 is 28.3 Å². The maximum atomic E-state index is 14.2. The molecule has 0 spiro atoms. The number of carbonyl (C=O) groups excluding carboxylic acids is 1. The number of esters is 1. The topological polar surface area (TPSA) is 38.7 Å². The predicted molar refractivity (Wildman–Crippen MR) is 85.6 cm³/mol. The number of halogens is 1. The fourth-order valence-corrected chi connectivity index (χ4v) is 2.49. The molecule has 0 saturated heterocycles. The number of allylic oxidation sites excluding steroid dienone is 3. The molecule has 0 radical (unpaired) electrons. The van der Waals surface area contributed by atoms with Crippen LogP contribution in [0.3, 0.4) is 0 Å². The second-order valence-corrected chi connectivity index (χ2v) is 4.89. The lowest BCUT2D eigenvalue weighted by Crippen LogP contribution is -2.02. The third kappa shape index (κ3) is 2.55. The number of aliphatic imine (C=N–C) groups is 1. The van der Waals surface area contributed by atoms with Crippen molar-refractivity contribution in [1.29, 1.82) is 0 Å². The Hall–Kier alpha value is -2.75. The molecule has 2 aromatic carbocycles. The van der Waals surface area contributed by atoms with Gasteiger partial charge in [0.05, 0.1) is 12.7 Å². The summed E-state index contributed by atoms with van der Waals surface area (Å²) in [7, 11) is 1.34. The molecule has 0 atom stereocenters. The first kappa shape index (κ1) is 14.2. The first-order chi connectivity index (χ1) is 10.7. The zero-order valence-corrected chi connectivity index (χ0v) is 12.0. The molecule has 0 saturated carbocycles. The first-order valence-corrected chi connectivity index (χ1v) is 6.91. The number of carbonyl (C=O) groups is 1. The SMILES string of the molecule is COC(=O)c1ccc2cccc(C3=CCC=CN=C3F)c2c1. The smallest absolute Gasteiger partial charge is 0.337 e. The minimum atomic E-state index is -0.523.